The summed E-state index contributed by atoms with van der Waals surface area (Å²) in [4.78, 5) is 12.1. The van der Waals surface area contributed by atoms with Gasteiger partial charge in [-0.2, -0.15) is 0 Å². The minimum Gasteiger partial charge on any atom is -0.384 e. The van der Waals surface area contributed by atoms with Gasteiger partial charge in [-0.25, -0.2) is 18.4 Å². The molecule has 0 atom stereocenters. The number of aromatic amines is 1. The van der Waals surface area contributed by atoms with E-state index in [1.807, 2.05) is 0 Å². The van der Waals surface area contributed by atoms with E-state index in [9.17, 15) is 8.42 Å². The number of anilines is 1. The Bertz CT molecular complexity index is 863. The van der Waals surface area contributed by atoms with Gasteiger partial charge in [-0.15, -0.1) is 0 Å². The molecule has 0 aliphatic heterocycles. The van der Waals surface area contributed by atoms with Crippen LogP contribution >= 0.6 is 0 Å². The van der Waals surface area contributed by atoms with Crippen molar-refractivity contribution in [3.05, 3.63) is 12.0 Å². The highest BCUT2D eigenvalue weighted by molar-refractivity contribution is 7.92. The minimum atomic E-state index is -3.47. The van der Waals surface area contributed by atoms with Gasteiger partial charge in [-0.3, -0.25) is 0 Å². The minimum absolute atomic E-state index is 0.203. The highest BCUT2D eigenvalue weighted by Gasteiger charge is 2.34. The summed E-state index contributed by atoms with van der Waals surface area (Å²) < 4.78 is 26.4. The van der Waals surface area contributed by atoms with Crippen molar-refractivity contribution in [2.45, 2.75) is 80.3 Å². The summed E-state index contributed by atoms with van der Waals surface area (Å²) >= 11 is 0. The van der Waals surface area contributed by atoms with Gasteiger partial charge in [0.1, 0.15) is 22.6 Å². The number of hydrogen-bond donors (Lipinski definition) is 2. The fraction of sp³-hybridized carbons (Fsp3) is 0.667. The molecular weight excluding hydrogens is 336 g/mol. The van der Waals surface area contributed by atoms with Crippen LogP contribution in [0.25, 0.3) is 11.0 Å². The van der Waals surface area contributed by atoms with Crippen LogP contribution in [0.15, 0.2) is 11.2 Å². The summed E-state index contributed by atoms with van der Waals surface area (Å²) in [6, 6.07) is 0. The standard InChI is InChI=1S/C18H26N4O2S/c19-18-17(25(23,24)13-9-5-2-6-10-13)16-15(22-18)14(20-11-21-16)12-7-3-1-4-8-12/h11-13,22H,1-10,19H2. The third-order valence-electron chi connectivity index (χ3n) is 5.86. The second-order valence-corrected chi connectivity index (χ2v) is 9.66. The topological polar surface area (TPSA) is 102 Å². The summed E-state index contributed by atoms with van der Waals surface area (Å²) in [6.07, 6.45) is 11.8. The number of nitrogens with zero attached hydrogens (tertiary/aromatic N) is 2. The van der Waals surface area contributed by atoms with Gasteiger partial charge < -0.3 is 10.7 Å². The average Bonchev–Trinajstić information content (AvgIpc) is 2.99. The lowest BCUT2D eigenvalue weighted by Gasteiger charge is -2.22. The lowest BCUT2D eigenvalue weighted by Crippen LogP contribution is -2.24. The van der Waals surface area contributed by atoms with E-state index in [2.05, 4.69) is 15.0 Å². The van der Waals surface area contributed by atoms with Crippen molar-refractivity contribution in [2.24, 2.45) is 0 Å². The predicted molar refractivity (Wildman–Crippen MR) is 98.2 cm³/mol. The third-order valence-corrected chi connectivity index (χ3v) is 8.19. The number of sulfone groups is 1. The Morgan fingerprint density at radius 3 is 2.28 bits per heavy atom. The van der Waals surface area contributed by atoms with Gasteiger partial charge in [0, 0.05) is 5.92 Å². The second kappa shape index (κ2) is 6.59. The molecule has 4 rings (SSSR count). The maximum absolute atomic E-state index is 13.2. The zero-order valence-corrected chi connectivity index (χ0v) is 15.3. The molecule has 2 aliphatic carbocycles. The molecule has 0 aromatic carbocycles. The van der Waals surface area contributed by atoms with E-state index in [1.165, 1.54) is 25.6 Å². The number of hydrogen-bond acceptors (Lipinski definition) is 5. The first kappa shape index (κ1) is 16.8. The van der Waals surface area contributed by atoms with E-state index in [0.29, 0.717) is 11.4 Å². The maximum atomic E-state index is 13.2. The van der Waals surface area contributed by atoms with Gasteiger partial charge in [-0.05, 0) is 25.7 Å². The zero-order chi connectivity index (χ0) is 17.4. The molecule has 2 aromatic heterocycles. The molecule has 2 saturated carbocycles. The van der Waals surface area contributed by atoms with Gasteiger partial charge in [0.2, 0.25) is 0 Å². The van der Waals surface area contributed by atoms with Crippen LogP contribution < -0.4 is 5.73 Å². The Labute approximate surface area is 148 Å². The first-order valence-electron chi connectivity index (χ1n) is 9.45. The molecule has 2 heterocycles. The van der Waals surface area contributed by atoms with Crippen molar-refractivity contribution in [3.8, 4) is 0 Å². The maximum Gasteiger partial charge on any atom is 0.187 e. The van der Waals surface area contributed by atoms with E-state index in [4.69, 9.17) is 5.73 Å². The number of nitrogens with one attached hydrogen (secondary N) is 1. The molecule has 0 saturated heterocycles. The third kappa shape index (κ3) is 2.92. The molecule has 2 aromatic rings. The Kier molecular flexibility index (Phi) is 4.43. The van der Waals surface area contributed by atoms with Gasteiger partial charge in [0.15, 0.2) is 9.84 Å². The Morgan fingerprint density at radius 2 is 1.60 bits per heavy atom. The molecule has 0 radical (unpaired) electrons. The number of fused-ring (bicyclic) bond motifs is 1. The first-order valence-corrected chi connectivity index (χ1v) is 11.0. The van der Waals surface area contributed by atoms with Gasteiger partial charge in [0.05, 0.1) is 16.5 Å². The summed E-state index contributed by atoms with van der Waals surface area (Å²) in [7, 11) is -3.47. The van der Waals surface area contributed by atoms with Crippen LogP contribution in [-0.4, -0.2) is 28.6 Å². The predicted octanol–water partition coefficient (Wildman–Crippen LogP) is 3.69. The van der Waals surface area contributed by atoms with Crippen LogP contribution in [0.2, 0.25) is 0 Å². The first-order chi connectivity index (χ1) is 12.1. The molecule has 0 bridgehead atoms. The van der Waals surface area contributed by atoms with Crippen molar-refractivity contribution in [3.63, 3.8) is 0 Å². The molecule has 25 heavy (non-hydrogen) atoms. The number of aromatic nitrogens is 3. The smallest absolute Gasteiger partial charge is 0.187 e. The number of H-pyrrole nitrogens is 1. The molecule has 2 fully saturated rings. The molecule has 136 valence electrons. The summed E-state index contributed by atoms with van der Waals surface area (Å²) in [6.45, 7) is 0. The van der Waals surface area contributed by atoms with E-state index in [-0.39, 0.29) is 16.0 Å². The van der Waals surface area contributed by atoms with E-state index >= 15 is 0 Å². The monoisotopic (exact) mass is 362 g/mol. The molecular formula is C18H26N4O2S. The number of nitrogen functional groups attached to an aromatic ring is 1. The molecule has 0 amide bonds. The van der Waals surface area contributed by atoms with Crippen LogP contribution in [0, 0.1) is 0 Å². The van der Waals surface area contributed by atoms with Crippen LogP contribution in [0.5, 0.6) is 0 Å². The largest absolute Gasteiger partial charge is 0.384 e. The normalized spacial score (nSPS) is 21.0. The summed E-state index contributed by atoms with van der Waals surface area (Å²) in [5.74, 6) is 0.584. The number of nitrogens with two attached hydrogens (primary N) is 1. The Morgan fingerprint density at radius 1 is 0.960 bits per heavy atom. The second-order valence-electron chi connectivity index (χ2n) is 7.49. The van der Waals surface area contributed by atoms with Gasteiger partial charge >= 0.3 is 0 Å². The fourth-order valence-electron chi connectivity index (χ4n) is 4.53. The summed E-state index contributed by atoms with van der Waals surface area (Å²) in [5, 5.41) is -0.337. The van der Waals surface area contributed by atoms with E-state index in [0.717, 1.165) is 56.2 Å². The Hall–Kier alpha value is -1.63. The SMILES string of the molecule is Nc1[nH]c2c(C3CCCCC3)ncnc2c1S(=O)(=O)C1CCCCC1. The van der Waals surface area contributed by atoms with Crippen LogP contribution in [0.4, 0.5) is 5.82 Å². The molecule has 6 nitrogen and oxygen atoms in total. The summed E-state index contributed by atoms with van der Waals surface area (Å²) in [5.41, 5.74) is 8.28. The molecule has 0 unspecified atom stereocenters. The van der Waals surface area contributed by atoms with Crippen molar-refractivity contribution in [1.82, 2.24) is 15.0 Å². The van der Waals surface area contributed by atoms with E-state index in [1.54, 1.807) is 0 Å². The molecule has 7 heteroatoms. The molecule has 2 aliphatic rings. The van der Waals surface area contributed by atoms with E-state index < -0.39 is 9.84 Å². The van der Waals surface area contributed by atoms with Crippen molar-refractivity contribution in [1.29, 1.82) is 0 Å². The fourth-order valence-corrected chi connectivity index (χ4v) is 6.60. The Balaban J connectivity index is 1.81. The van der Waals surface area contributed by atoms with Gasteiger partial charge in [-0.1, -0.05) is 38.5 Å². The highest BCUT2D eigenvalue weighted by Crippen LogP contribution is 2.39. The molecule has 3 N–H and O–H groups in total. The highest BCUT2D eigenvalue weighted by atomic mass is 32.2. The lowest BCUT2D eigenvalue weighted by molar-refractivity contribution is 0.438. The average molecular weight is 362 g/mol. The molecule has 0 spiro atoms. The van der Waals surface area contributed by atoms with Crippen molar-refractivity contribution >= 4 is 26.7 Å². The van der Waals surface area contributed by atoms with Crippen molar-refractivity contribution < 1.29 is 8.42 Å². The zero-order valence-electron chi connectivity index (χ0n) is 14.5. The van der Waals surface area contributed by atoms with Crippen molar-refractivity contribution in [2.75, 3.05) is 5.73 Å². The van der Waals surface area contributed by atoms with Crippen LogP contribution in [0.3, 0.4) is 0 Å². The van der Waals surface area contributed by atoms with Crippen LogP contribution in [-0.2, 0) is 9.84 Å². The lowest BCUT2D eigenvalue weighted by atomic mass is 9.86. The van der Waals surface area contributed by atoms with Crippen LogP contribution in [0.1, 0.15) is 75.8 Å². The quantitative estimate of drug-likeness (QED) is 0.867. The number of rotatable bonds is 3. The van der Waals surface area contributed by atoms with Gasteiger partial charge in [0.25, 0.3) is 0 Å².